The van der Waals surface area contributed by atoms with E-state index in [4.69, 9.17) is 0 Å². The van der Waals surface area contributed by atoms with Crippen LogP contribution in [0.5, 0.6) is 0 Å². The molecule has 7 nitrogen and oxygen atoms in total. The Balaban J connectivity index is 2.25. The van der Waals surface area contributed by atoms with Crippen molar-refractivity contribution in [1.82, 2.24) is 14.8 Å². The van der Waals surface area contributed by atoms with E-state index in [1.54, 1.807) is 32.8 Å². The lowest BCUT2D eigenvalue weighted by molar-refractivity contribution is -0.139. The van der Waals surface area contributed by atoms with Crippen molar-refractivity contribution >= 4 is 11.9 Å². The molecule has 1 amide bonds. The Kier molecular flexibility index (Phi) is 12.5. The van der Waals surface area contributed by atoms with Gasteiger partial charge in [0.05, 0.1) is 18.0 Å². The molecule has 0 saturated heterocycles. The smallest absolute Gasteiger partial charge is 0.416 e. The molecule has 1 heterocycles. The van der Waals surface area contributed by atoms with Gasteiger partial charge in [-0.05, 0) is 94.1 Å². The maximum atomic E-state index is 16.7. The maximum absolute atomic E-state index is 16.7. The van der Waals surface area contributed by atoms with E-state index in [1.165, 1.54) is 20.8 Å². The number of carboxylic acid groups (broad SMARTS) is 1. The first-order valence-corrected chi connectivity index (χ1v) is 15.5. The molecule has 0 radical (unpaired) electrons. The molecule has 0 fully saturated rings. The Bertz CT molecular complexity index is 1830. The minimum atomic E-state index is -4.86. The average Bonchev–Trinajstić information content (AvgIpc) is 2.95. The Morgan fingerprint density at radius 1 is 1.02 bits per heavy atom. The molecule has 2 N–H and O–H groups in total. The Morgan fingerprint density at radius 2 is 1.63 bits per heavy atom. The van der Waals surface area contributed by atoms with Crippen molar-refractivity contribution in [2.75, 3.05) is 20.6 Å². The third-order valence-corrected chi connectivity index (χ3v) is 7.93. The van der Waals surface area contributed by atoms with Crippen LogP contribution in [0.1, 0.15) is 79.1 Å². The summed E-state index contributed by atoms with van der Waals surface area (Å²) in [4.78, 5) is 40.8. The van der Waals surface area contributed by atoms with Gasteiger partial charge in [-0.25, -0.2) is 13.2 Å². The summed E-state index contributed by atoms with van der Waals surface area (Å²) in [6.07, 6.45) is -5.09. The molecular weight excluding hydrogens is 652 g/mol. The summed E-state index contributed by atoms with van der Waals surface area (Å²) in [5.74, 6) is -0.718. The normalized spacial score (nSPS) is 12.9. The van der Waals surface area contributed by atoms with Crippen LogP contribution in [0.15, 0.2) is 35.3 Å². The number of likely N-dealkylation sites (N-methyl/N-ethyl adjacent to an activating group) is 1. The van der Waals surface area contributed by atoms with E-state index in [-0.39, 0.29) is 58.7 Å². The van der Waals surface area contributed by atoms with Crippen LogP contribution in [0.25, 0.3) is 11.1 Å². The fourth-order valence-corrected chi connectivity index (χ4v) is 5.84. The van der Waals surface area contributed by atoms with Gasteiger partial charge in [-0.15, -0.1) is 5.92 Å². The van der Waals surface area contributed by atoms with E-state index in [9.17, 15) is 37.1 Å². The third-order valence-electron chi connectivity index (χ3n) is 7.93. The number of amides is 1. The molecule has 0 aliphatic rings. The van der Waals surface area contributed by atoms with Gasteiger partial charge in [-0.3, -0.25) is 14.4 Å². The largest absolute Gasteiger partial charge is 0.481 e. The predicted molar refractivity (Wildman–Crippen MR) is 173 cm³/mol. The van der Waals surface area contributed by atoms with E-state index < -0.39 is 70.7 Å². The molecule has 0 unspecified atom stereocenters. The zero-order chi connectivity index (χ0) is 37.0. The SMILES string of the molecule is CC#Cc1cc(F)c([C@H](CC(=O)O)NC(=O)[C@@H](CC(C)C)n2cc(CCN(C)C)c(C(F)(F)F)cc2=O)c(F)c1-c1c(C)cc(F)cc1C. The number of carbonyl (C=O) groups is 2. The number of aliphatic carboxylic acids is 1. The Morgan fingerprint density at radius 3 is 2.14 bits per heavy atom. The van der Waals surface area contributed by atoms with Crippen LogP contribution in [-0.4, -0.2) is 47.1 Å². The number of rotatable bonds is 12. The molecule has 3 aromatic rings. The second-order valence-electron chi connectivity index (χ2n) is 12.6. The molecule has 264 valence electrons. The highest BCUT2D eigenvalue weighted by Crippen LogP contribution is 2.38. The van der Waals surface area contributed by atoms with Crippen molar-refractivity contribution in [3.8, 4) is 23.0 Å². The first kappa shape index (κ1) is 38.9. The number of carbonyl (C=O) groups excluding carboxylic acids is 1. The molecule has 0 aliphatic carbocycles. The van der Waals surface area contributed by atoms with Gasteiger partial charge in [0, 0.05) is 35.5 Å². The minimum Gasteiger partial charge on any atom is -0.481 e. The third kappa shape index (κ3) is 9.32. The molecule has 0 bridgehead atoms. The lowest BCUT2D eigenvalue weighted by atomic mass is 9.88. The van der Waals surface area contributed by atoms with E-state index in [0.29, 0.717) is 6.07 Å². The van der Waals surface area contributed by atoms with Gasteiger partial charge in [0.1, 0.15) is 23.5 Å². The van der Waals surface area contributed by atoms with E-state index in [2.05, 4.69) is 17.2 Å². The van der Waals surface area contributed by atoms with Crippen LogP contribution in [0, 0.1) is 49.1 Å². The summed E-state index contributed by atoms with van der Waals surface area (Å²) in [6, 6.07) is 0.303. The summed E-state index contributed by atoms with van der Waals surface area (Å²) in [5.41, 5.74) is -2.91. The molecule has 3 rings (SSSR count). The minimum absolute atomic E-state index is 0.0841. The summed E-state index contributed by atoms with van der Waals surface area (Å²) < 4.78 is 89.3. The molecule has 13 heteroatoms. The summed E-state index contributed by atoms with van der Waals surface area (Å²) in [5, 5.41) is 12.1. The van der Waals surface area contributed by atoms with Gasteiger partial charge in [-0.2, -0.15) is 13.2 Å². The van der Waals surface area contributed by atoms with Gasteiger partial charge in [0.2, 0.25) is 5.91 Å². The quantitative estimate of drug-likeness (QED) is 0.158. The van der Waals surface area contributed by atoms with Crippen LogP contribution < -0.4 is 10.9 Å². The lowest BCUT2D eigenvalue weighted by Gasteiger charge is -2.27. The molecule has 1 aromatic heterocycles. The monoisotopic (exact) mass is 691 g/mol. The standard InChI is InChI=1S/C36H39F6N3O4/c1-8-9-22-15-26(38)33(34(39)32(22)31-20(4)13-24(37)14-21(31)5)27(17-30(47)48)43-35(49)28(12-19(2)3)45-18-23(10-11-44(6)7)25(16-29(45)46)36(40,41)42/h13-16,18-19,27-28H,10-12,17H2,1-7H3,(H,43,49)(H,47,48)/t27-,28+/m0/s1. The van der Waals surface area contributed by atoms with Crippen LogP contribution in [-0.2, 0) is 22.2 Å². The lowest BCUT2D eigenvalue weighted by Crippen LogP contribution is -2.41. The summed E-state index contributed by atoms with van der Waals surface area (Å²) >= 11 is 0. The van der Waals surface area contributed by atoms with Crippen molar-refractivity contribution < 1.29 is 41.0 Å². The molecule has 2 atom stereocenters. The molecule has 0 saturated carbocycles. The number of carboxylic acids is 1. The highest BCUT2D eigenvalue weighted by atomic mass is 19.4. The van der Waals surface area contributed by atoms with Gasteiger partial charge in [0.25, 0.3) is 5.56 Å². The highest BCUT2D eigenvalue weighted by Gasteiger charge is 2.36. The zero-order valence-electron chi connectivity index (χ0n) is 28.3. The van der Waals surface area contributed by atoms with Crippen LogP contribution >= 0.6 is 0 Å². The second-order valence-corrected chi connectivity index (χ2v) is 12.6. The Labute approximate surface area is 280 Å². The molecular formula is C36H39F6N3O4. The van der Waals surface area contributed by atoms with E-state index >= 15 is 8.78 Å². The van der Waals surface area contributed by atoms with Gasteiger partial charge < -0.3 is 19.9 Å². The number of nitrogens with zero attached hydrogens (tertiary/aromatic N) is 2. The number of benzene rings is 2. The van der Waals surface area contributed by atoms with Crippen molar-refractivity contribution in [3.63, 3.8) is 0 Å². The highest BCUT2D eigenvalue weighted by molar-refractivity contribution is 5.83. The van der Waals surface area contributed by atoms with Gasteiger partial charge in [-0.1, -0.05) is 19.8 Å². The maximum Gasteiger partial charge on any atom is 0.416 e. The van der Waals surface area contributed by atoms with E-state index in [0.717, 1.165) is 29.0 Å². The number of pyridine rings is 1. The van der Waals surface area contributed by atoms with Crippen LogP contribution in [0.3, 0.4) is 0 Å². The number of aryl methyl sites for hydroxylation is 2. The van der Waals surface area contributed by atoms with Crippen molar-refractivity contribution in [2.45, 2.75) is 72.1 Å². The first-order valence-electron chi connectivity index (χ1n) is 15.5. The fourth-order valence-electron chi connectivity index (χ4n) is 5.84. The zero-order valence-corrected chi connectivity index (χ0v) is 28.3. The molecule has 49 heavy (non-hydrogen) atoms. The summed E-state index contributed by atoms with van der Waals surface area (Å²) in [7, 11) is 3.31. The number of halogens is 6. The molecule has 2 aromatic carbocycles. The average molecular weight is 692 g/mol. The molecule has 0 aliphatic heterocycles. The summed E-state index contributed by atoms with van der Waals surface area (Å²) in [6.45, 7) is 8.05. The van der Waals surface area contributed by atoms with Gasteiger partial charge in [0.15, 0.2) is 0 Å². The van der Waals surface area contributed by atoms with Crippen LogP contribution in [0.4, 0.5) is 26.3 Å². The fraction of sp³-hybridized carbons (Fsp3) is 0.417. The Hall–Kier alpha value is -4.57. The van der Waals surface area contributed by atoms with Gasteiger partial charge >= 0.3 is 12.1 Å². The van der Waals surface area contributed by atoms with Crippen molar-refractivity contribution in [2.24, 2.45) is 5.92 Å². The van der Waals surface area contributed by atoms with Crippen molar-refractivity contribution in [1.29, 1.82) is 0 Å². The number of aromatic nitrogens is 1. The van der Waals surface area contributed by atoms with Crippen molar-refractivity contribution in [3.05, 3.63) is 91.6 Å². The number of nitrogens with one attached hydrogen (secondary N) is 1. The predicted octanol–water partition coefficient (Wildman–Crippen LogP) is 6.96. The number of hydrogen-bond donors (Lipinski definition) is 2. The van der Waals surface area contributed by atoms with Crippen LogP contribution in [0.2, 0.25) is 0 Å². The molecule has 0 spiro atoms. The second kappa shape index (κ2) is 15.8. The number of alkyl halides is 3. The number of hydrogen-bond acceptors (Lipinski definition) is 4. The topological polar surface area (TPSA) is 91.6 Å². The first-order chi connectivity index (χ1) is 22.8. The van der Waals surface area contributed by atoms with E-state index in [1.807, 2.05) is 0 Å².